The lowest BCUT2D eigenvalue weighted by atomic mass is 10.1. The molecule has 202 valence electrons. The van der Waals surface area contributed by atoms with Gasteiger partial charge in [-0.15, -0.1) is 4.31 Å². The molecule has 2 heterocycles. The third-order valence-corrected chi connectivity index (χ3v) is 10.4. The minimum atomic E-state index is -1.11. The summed E-state index contributed by atoms with van der Waals surface area (Å²) in [6.07, 6.45) is 3.96. The van der Waals surface area contributed by atoms with Crippen molar-refractivity contribution in [2.75, 3.05) is 42.8 Å². The van der Waals surface area contributed by atoms with E-state index < -0.39 is 11.4 Å². The smallest absolute Gasteiger partial charge is 0.316 e. The standard InChI is InChI=1S/C30H32N4O3S2/c1-30(14-15-30)21-37-28-26(20-31-34(29(28)35)24-10-3-2-4-11-24)32-16-18-33(19-17-32)39(36)22-38-27-13-7-9-23-8-5-6-12-25(23)27/h2-13,20H,14-19,21-22H2,1H3/t39-/m1/s1. The van der Waals surface area contributed by atoms with Crippen LogP contribution in [0.1, 0.15) is 19.8 Å². The molecule has 0 unspecified atom stereocenters. The average Bonchev–Trinajstić information content (AvgIpc) is 3.72. The van der Waals surface area contributed by atoms with Crippen molar-refractivity contribution in [2.24, 2.45) is 5.41 Å². The number of aromatic nitrogens is 2. The van der Waals surface area contributed by atoms with Crippen LogP contribution in [0.4, 0.5) is 5.69 Å². The Morgan fingerprint density at radius 2 is 1.69 bits per heavy atom. The van der Waals surface area contributed by atoms with E-state index in [1.54, 1.807) is 18.0 Å². The van der Waals surface area contributed by atoms with Crippen molar-refractivity contribution in [1.82, 2.24) is 14.1 Å². The van der Waals surface area contributed by atoms with E-state index in [9.17, 15) is 9.35 Å². The molecule has 6 rings (SSSR count). The molecule has 2 aliphatic rings. The van der Waals surface area contributed by atoms with Crippen molar-refractivity contribution in [3.63, 3.8) is 0 Å². The van der Waals surface area contributed by atoms with Gasteiger partial charge in [-0.1, -0.05) is 73.3 Å². The molecule has 1 atom stereocenters. The Morgan fingerprint density at radius 1 is 0.974 bits per heavy atom. The first-order chi connectivity index (χ1) is 19.0. The topological polar surface area (TPSA) is 73.7 Å². The van der Waals surface area contributed by atoms with Crippen LogP contribution in [0.3, 0.4) is 0 Å². The van der Waals surface area contributed by atoms with Crippen molar-refractivity contribution < 1.29 is 9.29 Å². The lowest BCUT2D eigenvalue weighted by Gasteiger charge is -2.35. The molecule has 4 aromatic rings. The van der Waals surface area contributed by atoms with E-state index in [1.807, 2.05) is 46.8 Å². The van der Waals surface area contributed by atoms with Crippen LogP contribution >= 0.6 is 11.8 Å². The summed E-state index contributed by atoms with van der Waals surface area (Å²) < 4.78 is 22.8. The molecule has 1 aliphatic heterocycles. The predicted octanol–water partition coefficient (Wildman–Crippen LogP) is 5.10. The summed E-state index contributed by atoms with van der Waals surface area (Å²) in [5, 5.41) is 7.39. The Kier molecular flexibility index (Phi) is 7.57. The van der Waals surface area contributed by atoms with Crippen LogP contribution in [-0.2, 0) is 11.4 Å². The molecule has 3 aromatic carbocycles. The predicted molar refractivity (Wildman–Crippen MR) is 159 cm³/mol. The molecule has 9 heteroatoms. The van der Waals surface area contributed by atoms with Crippen LogP contribution < -0.4 is 15.2 Å². The molecule has 39 heavy (non-hydrogen) atoms. The van der Waals surface area contributed by atoms with E-state index in [4.69, 9.17) is 4.74 Å². The molecule has 0 spiro atoms. The minimum absolute atomic E-state index is 0.141. The third kappa shape index (κ3) is 5.82. The number of piperazine rings is 1. The normalized spacial score (nSPS) is 17.7. The molecule has 0 bridgehead atoms. The second kappa shape index (κ2) is 11.3. The van der Waals surface area contributed by atoms with Crippen LogP contribution in [0, 0.1) is 5.41 Å². The molecular formula is C30H32N4O3S2. The maximum absolute atomic E-state index is 13.5. The quantitative estimate of drug-likeness (QED) is 0.208. The third-order valence-electron chi connectivity index (χ3n) is 7.52. The zero-order chi connectivity index (χ0) is 26.8. The number of para-hydroxylation sites is 1. The Labute approximate surface area is 236 Å². The summed E-state index contributed by atoms with van der Waals surface area (Å²) in [6, 6.07) is 24.0. The molecule has 7 nitrogen and oxygen atoms in total. The Balaban J connectivity index is 1.14. The highest BCUT2D eigenvalue weighted by molar-refractivity contribution is 8.11. The number of hydrogen-bond donors (Lipinski definition) is 0. The van der Waals surface area contributed by atoms with Crippen molar-refractivity contribution in [2.45, 2.75) is 24.7 Å². The molecule has 1 aromatic heterocycles. The SMILES string of the molecule is CC1(COc2c(N3CCN([S@+]([O-])CSc4cccc5ccccc45)CC3)cnn(-c3ccccc3)c2=O)CC1. The molecule has 0 radical (unpaired) electrons. The highest BCUT2D eigenvalue weighted by atomic mass is 32.3. The summed E-state index contributed by atoms with van der Waals surface area (Å²) in [5.41, 5.74) is 1.31. The van der Waals surface area contributed by atoms with Crippen molar-refractivity contribution in [3.8, 4) is 11.4 Å². The second-order valence-electron chi connectivity index (χ2n) is 10.5. The maximum atomic E-state index is 13.5. The number of nitrogens with zero attached hydrogens (tertiary/aromatic N) is 4. The van der Waals surface area contributed by atoms with Gasteiger partial charge in [0.2, 0.25) is 5.75 Å². The van der Waals surface area contributed by atoms with Gasteiger partial charge in [-0.2, -0.15) is 9.78 Å². The molecule has 1 saturated heterocycles. The molecule has 1 aliphatic carbocycles. The van der Waals surface area contributed by atoms with Crippen molar-refractivity contribution in [3.05, 3.63) is 89.3 Å². The number of rotatable bonds is 9. The Hall–Kier alpha value is -2.98. The average molecular weight is 561 g/mol. The first-order valence-corrected chi connectivity index (χ1v) is 15.6. The minimum Gasteiger partial charge on any atom is -0.597 e. The van der Waals surface area contributed by atoms with Gasteiger partial charge >= 0.3 is 5.56 Å². The summed E-state index contributed by atoms with van der Waals surface area (Å²) in [5.74, 6) is 0.350. The fourth-order valence-electron chi connectivity index (χ4n) is 4.79. The van der Waals surface area contributed by atoms with E-state index in [2.05, 4.69) is 47.3 Å². The van der Waals surface area contributed by atoms with E-state index in [-0.39, 0.29) is 11.0 Å². The second-order valence-corrected chi connectivity index (χ2v) is 13.3. The van der Waals surface area contributed by atoms with Gasteiger partial charge in [-0.3, -0.25) is 4.79 Å². The van der Waals surface area contributed by atoms with Crippen LogP contribution in [0.2, 0.25) is 0 Å². The highest BCUT2D eigenvalue weighted by Crippen LogP contribution is 2.45. The first kappa shape index (κ1) is 26.3. The van der Waals surface area contributed by atoms with Gasteiger partial charge in [-0.05, 0) is 41.8 Å². The van der Waals surface area contributed by atoms with Gasteiger partial charge in [0.15, 0.2) is 5.08 Å². The van der Waals surface area contributed by atoms with E-state index >= 15 is 0 Å². The van der Waals surface area contributed by atoms with Gasteiger partial charge in [0.25, 0.3) is 0 Å². The monoisotopic (exact) mass is 560 g/mol. The van der Waals surface area contributed by atoms with Crippen molar-refractivity contribution >= 4 is 39.6 Å². The van der Waals surface area contributed by atoms with Crippen LogP contribution in [-0.4, -0.2) is 56.5 Å². The Morgan fingerprint density at radius 3 is 2.46 bits per heavy atom. The lowest BCUT2D eigenvalue weighted by molar-refractivity contribution is 0.242. The number of thioether (sulfide) groups is 1. The molecule has 2 fully saturated rings. The van der Waals surface area contributed by atoms with E-state index in [0.717, 1.165) is 17.7 Å². The lowest BCUT2D eigenvalue weighted by Crippen LogP contribution is -2.49. The molecular weight excluding hydrogens is 528 g/mol. The zero-order valence-electron chi connectivity index (χ0n) is 22.0. The maximum Gasteiger partial charge on any atom is 0.316 e. The van der Waals surface area contributed by atoms with Gasteiger partial charge in [0.05, 0.1) is 42.9 Å². The van der Waals surface area contributed by atoms with Crippen molar-refractivity contribution in [1.29, 1.82) is 0 Å². The molecule has 0 N–H and O–H groups in total. The van der Waals surface area contributed by atoms with Gasteiger partial charge < -0.3 is 14.2 Å². The number of fused-ring (bicyclic) bond motifs is 1. The highest BCUT2D eigenvalue weighted by Gasteiger charge is 2.39. The number of ether oxygens (including phenoxy) is 1. The Bertz CT molecular complexity index is 1500. The fourth-order valence-corrected chi connectivity index (χ4v) is 7.38. The van der Waals surface area contributed by atoms with Gasteiger partial charge in [0.1, 0.15) is 5.69 Å². The fraction of sp³-hybridized carbons (Fsp3) is 0.333. The first-order valence-electron chi connectivity index (χ1n) is 13.3. The summed E-state index contributed by atoms with van der Waals surface area (Å²) in [7, 11) is 0. The molecule has 1 saturated carbocycles. The summed E-state index contributed by atoms with van der Waals surface area (Å²) >= 11 is 0.528. The summed E-state index contributed by atoms with van der Waals surface area (Å²) in [4.78, 5) is 16.8. The van der Waals surface area contributed by atoms with E-state index in [0.29, 0.717) is 55.0 Å². The van der Waals surface area contributed by atoms with Gasteiger partial charge in [0, 0.05) is 23.4 Å². The number of anilines is 1. The van der Waals surface area contributed by atoms with Crippen LogP contribution in [0.15, 0.2) is 88.7 Å². The summed E-state index contributed by atoms with van der Waals surface area (Å²) in [6.45, 7) is 5.28. The van der Waals surface area contributed by atoms with Gasteiger partial charge in [-0.25, -0.2) is 0 Å². The largest absolute Gasteiger partial charge is 0.597 e. The zero-order valence-corrected chi connectivity index (χ0v) is 23.6. The molecule has 0 amide bonds. The van der Waals surface area contributed by atoms with E-state index in [1.165, 1.54) is 15.5 Å². The van der Waals surface area contributed by atoms with Crippen LogP contribution in [0.25, 0.3) is 16.5 Å². The number of benzene rings is 3. The van der Waals surface area contributed by atoms with Crippen LogP contribution in [0.5, 0.6) is 5.75 Å². The number of hydrogen-bond acceptors (Lipinski definition) is 7.